The zero-order chi connectivity index (χ0) is 15.6. The molecule has 0 atom stereocenters. The van der Waals surface area contributed by atoms with Crippen LogP contribution in [0.1, 0.15) is 19.7 Å². The fourth-order valence-electron chi connectivity index (χ4n) is 1.88. The van der Waals surface area contributed by atoms with Gasteiger partial charge >= 0.3 is 6.18 Å². The van der Waals surface area contributed by atoms with Crippen molar-refractivity contribution in [3.63, 3.8) is 0 Å². The number of aromatic nitrogens is 2. The Morgan fingerprint density at radius 2 is 1.85 bits per heavy atom. The summed E-state index contributed by atoms with van der Waals surface area (Å²) in [6, 6.07) is 1.28. The van der Waals surface area contributed by atoms with Crippen LogP contribution in [-0.2, 0) is 6.18 Å². The minimum Gasteiger partial charge on any atom is -0.369 e. The maximum absolute atomic E-state index is 12.6. The maximum atomic E-state index is 12.6. The SMILES string of the molecule is CN(C)CC(C)(C)CNc1cc(Cl)nc(C(F)(F)F)n1. The van der Waals surface area contributed by atoms with Crippen molar-refractivity contribution in [1.82, 2.24) is 14.9 Å². The lowest BCUT2D eigenvalue weighted by Gasteiger charge is -2.28. The topological polar surface area (TPSA) is 41.0 Å². The van der Waals surface area contributed by atoms with Gasteiger partial charge in [-0.1, -0.05) is 25.4 Å². The van der Waals surface area contributed by atoms with Crippen molar-refractivity contribution in [1.29, 1.82) is 0 Å². The summed E-state index contributed by atoms with van der Waals surface area (Å²) >= 11 is 5.59. The third kappa shape index (κ3) is 5.50. The van der Waals surface area contributed by atoms with Gasteiger partial charge in [-0.2, -0.15) is 13.2 Å². The lowest BCUT2D eigenvalue weighted by molar-refractivity contribution is -0.144. The molecule has 0 bridgehead atoms. The summed E-state index contributed by atoms with van der Waals surface area (Å²) in [5.74, 6) is -1.16. The van der Waals surface area contributed by atoms with Gasteiger partial charge in [0.1, 0.15) is 11.0 Å². The first-order valence-electron chi connectivity index (χ1n) is 6.00. The van der Waals surface area contributed by atoms with Crippen LogP contribution in [0.5, 0.6) is 0 Å². The number of hydrogen-bond donors (Lipinski definition) is 1. The van der Waals surface area contributed by atoms with E-state index in [1.165, 1.54) is 6.07 Å². The van der Waals surface area contributed by atoms with Crippen molar-refractivity contribution in [2.24, 2.45) is 5.41 Å². The largest absolute Gasteiger partial charge is 0.451 e. The van der Waals surface area contributed by atoms with E-state index in [-0.39, 0.29) is 16.4 Å². The number of hydrogen-bond acceptors (Lipinski definition) is 4. The predicted octanol–water partition coefficient (Wildman–Crippen LogP) is 3.15. The minimum atomic E-state index is -4.61. The molecule has 0 radical (unpaired) electrons. The van der Waals surface area contributed by atoms with E-state index in [4.69, 9.17) is 11.6 Å². The third-order valence-electron chi connectivity index (χ3n) is 2.44. The molecule has 1 N–H and O–H groups in total. The smallest absolute Gasteiger partial charge is 0.369 e. The third-order valence-corrected chi connectivity index (χ3v) is 2.63. The van der Waals surface area contributed by atoms with E-state index < -0.39 is 12.0 Å². The highest BCUT2D eigenvalue weighted by molar-refractivity contribution is 6.29. The lowest BCUT2D eigenvalue weighted by Crippen LogP contribution is -2.34. The number of nitrogens with one attached hydrogen (secondary N) is 1. The minimum absolute atomic E-state index is 0.0733. The standard InChI is InChI=1S/C12H18ClF3N4/c1-11(2,7-20(3)4)6-17-9-5-8(13)18-10(19-9)12(14,15)16/h5H,6-7H2,1-4H3,(H,17,18,19). The van der Waals surface area contributed by atoms with Crippen molar-refractivity contribution >= 4 is 17.4 Å². The summed E-state index contributed by atoms with van der Waals surface area (Å²) in [5, 5.41) is 2.65. The summed E-state index contributed by atoms with van der Waals surface area (Å²) in [7, 11) is 3.87. The Bertz CT molecular complexity index is 461. The van der Waals surface area contributed by atoms with Crippen molar-refractivity contribution in [2.75, 3.05) is 32.5 Å². The zero-order valence-electron chi connectivity index (χ0n) is 11.8. The van der Waals surface area contributed by atoms with Crippen LogP contribution in [0.3, 0.4) is 0 Å². The summed E-state index contributed by atoms with van der Waals surface area (Å²) in [6.07, 6.45) is -4.61. The van der Waals surface area contributed by atoms with Gasteiger partial charge in [-0.25, -0.2) is 9.97 Å². The van der Waals surface area contributed by atoms with Gasteiger partial charge in [0.15, 0.2) is 0 Å². The van der Waals surface area contributed by atoms with E-state index in [0.29, 0.717) is 6.54 Å². The molecule has 1 heterocycles. The second-order valence-electron chi connectivity index (χ2n) is 5.65. The van der Waals surface area contributed by atoms with Crippen LogP contribution in [0, 0.1) is 5.41 Å². The molecule has 0 aromatic carbocycles. The van der Waals surface area contributed by atoms with Crippen LogP contribution in [0.25, 0.3) is 0 Å². The van der Waals surface area contributed by atoms with E-state index in [0.717, 1.165) is 6.54 Å². The van der Waals surface area contributed by atoms with Crippen LogP contribution in [0.15, 0.2) is 6.07 Å². The molecule has 0 amide bonds. The molecule has 0 aliphatic heterocycles. The quantitative estimate of drug-likeness (QED) is 0.848. The van der Waals surface area contributed by atoms with Gasteiger partial charge in [-0.3, -0.25) is 0 Å². The average Bonchev–Trinajstić information content (AvgIpc) is 2.23. The summed E-state index contributed by atoms with van der Waals surface area (Å²) < 4.78 is 37.7. The average molecular weight is 311 g/mol. The highest BCUT2D eigenvalue weighted by atomic mass is 35.5. The fraction of sp³-hybridized carbons (Fsp3) is 0.667. The molecule has 0 fully saturated rings. The molecule has 0 saturated heterocycles. The van der Waals surface area contributed by atoms with Gasteiger partial charge in [0, 0.05) is 19.2 Å². The van der Waals surface area contributed by atoms with Crippen molar-refractivity contribution < 1.29 is 13.2 Å². The van der Waals surface area contributed by atoms with Crippen LogP contribution in [-0.4, -0.2) is 42.1 Å². The van der Waals surface area contributed by atoms with Gasteiger partial charge in [0.25, 0.3) is 0 Å². The molecule has 0 unspecified atom stereocenters. The zero-order valence-corrected chi connectivity index (χ0v) is 12.6. The Hall–Kier alpha value is -1.08. The van der Waals surface area contributed by atoms with E-state index >= 15 is 0 Å². The Morgan fingerprint density at radius 3 is 2.35 bits per heavy atom. The molecule has 0 saturated carbocycles. The summed E-state index contributed by atoms with van der Waals surface area (Å²) in [4.78, 5) is 8.63. The molecule has 1 aromatic heterocycles. The molecule has 4 nitrogen and oxygen atoms in total. The molecule has 114 valence electrons. The highest BCUT2D eigenvalue weighted by Crippen LogP contribution is 2.28. The van der Waals surface area contributed by atoms with Crippen LogP contribution >= 0.6 is 11.6 Å². The fourth-order valence-corrected chi connectivity index (χ4v) is 2.06. The van der Waals surface area contributed by atoms with Crippen molar-refractivity contribution in [2.45, 2.75) is 20.0 Å². The second kappa shape index (κ2) is 6.13. The summed E-state index contributed by atoms with van der Waals surface area (Å²) in [5.41, 5.74) is -0.126. The first-order valence-corrected chi connectivity index (χ1v) is 6.38. The maximum Gasteiger partial charge on any atom is 0.451 e. The Balaban J connectivity index is 2.81. The van der Waals surface area contributed by atoms with Gasteiger partial charge < -0.3 is 10.2 Å². The number of rotatable bonds is 5. The molecule has 0 aliphatic rings. The van der Waals surface area contributed by atoms with Gasteiger partial charge in [0.2, 0.25) is 5.82 Å². The molecule has 0 spiro atoms. The predicted molar refractivity (Wildman–Crippen MR) is 72.9 cm³/mol. The number of halogens is 4. The lowest BCUT2D eigenvalue weighted by atomic mass is 9.93. The van der Waals surface area contributed by atoms with E-state index in [9.17, 15) is 13.2 Å². The van der Waals surface area contributed by atoms with E-state index in [1.807, 2.05) is 32.8 Å². The Labute approximate surface area is 121 Å². The normalized spacial score (nSPS) is 12.8. The van der Waals surface area contributed by atoms with Gasteiger partial charge in [-0.15, -0.1) is 0 Å². The number of anilines is 1. The van der Waals surface area contributed by atoms with Gasteiger partial charge in [0.05, 0.1) is 0 Å². The highest BCUT2D eigenvalue weighted by Gasteiger charge is 2.35. The van der Waals surface area contributed by atoms with Crippen LogP contribution < -0.4 is 5.32 Å². The molecular formula is C12H18ClF3N4. The Morgan fingerprint density at radius 1 is 1.25 bits per heavy atom. The van der Waals surface area contributed by atoms with E-state index in [2.05, 4.69) is 15.3 Å². The second-order valence-corrected chi connectivity index (χ2v) is 6.04. The van der Waals surface area contributed by atoms with Crippen LogP contribution in [0.2, 0.25) is 5.15 Å². The molecule has 0 aliphatic carbocycles. The molecule has 20 heavy (non-hydrogen) atoms. The number of alkyl halides is 3. The van der Waals surface area contributed by atoms with Crippen LogP contribution in [0.4, 0.5) is 19.0 Å². The molecule has 1 aromatic rings. The monoisotopic (exact) mass is 310 g/mol. The Kier molecular flexibility index (Phi) is 5.21. The van der Waals surface area contributed by atoms with Crippen molar-refractivity contribution in [3.8, 4) is 0 Å². The van der Waals surface area contributed by atoms with E-state index in [1.54, 1.807) is 0 Å². The van der Waals surface area contributed by atoms with Crippen molar-refractivity contribution in [3.05, 3.63) is 17.0 Å². The first kappa shape index (κ1) is 17.0. The summed E-state index contributed by atoms with van der Waals surface area (Å²) in [6.45, 7) is 5.27. The molecule has 1 rings (SSSR count). The van der Waals surface area contributed by atoms with Gasteiger partial charge in [-0.05, 0) is 19.5 Å². The number of nitrogens with zero attached hydrogens (tertiary/aromatic N) is 3. The first-order chi connectivity index (χ1) is 8.99. The molecular weight excluding hydrogens is 293 g/mol. The molecule has 8 heteroatoms.